The van der Waals surface area contributed by atoms with Crippen molar-refractivity contribution < 1.29 is 19.1 Å². The summed E-state index contributed by atoms with van der Waals surface area (Å²) in [5, 5.41) is 0. The third-order valence-electron chi connectivity index (χ3n) is 2.93. The lowest BCUT2D eigenvalue weighted by Crippen LogP contribution is -2.17. The predicted octanol–water partition coefficient (Wildman–Crippen LogP) is 3.94. The molecule has 0 spiro atoms. The van der Waals surface area contributed by atoms with E-state index in [0.717, 1.165) is 10.0 Å². The Morgan fingerprint density at radius 2 is 1.77 bits per heavy atom. The van der Waals surface area contributed by atoms with Gasteiger partial charge < -0.3 is 9.47 Å². The van der Waals surface area contributed by atoms with Gasteiger partial charge in [-0.05, 0) is 71.7 Å². The van der Waals surface area contributed by atoms with Gasteiger partial charge in [0.05, 0.1) is 4.47 Å². The van der Waals surface area contributed by atoms with E-state index in [0.29, 0.717) is 17.1 Å². The van der Waals surface area contributed by atoms with E-state index in [-0.39, 0.29) is 12.4 Å². The molecule has 5 heteroatoms. The highest BCUT2D eigenvalue weighted by Gasteiger charge is 2.09. The number of rotatable bonds is 5. The Balaban J connectivity index is 1.91. The van der Waals surface area contributed by atoms with Gasteiger partial charge in [-0.15, -0.1) is 0 Å². The number of carbonyl (C=O) groups is 2. The summed E-state index contributed by atoms with van der Waals surface area (Å²) in [6, 6.07) is 12.0. The lowest BCUT2D eigenvalue weighted by atomic mass is 10.1. The molecule has 0 aliphatic rings. The number of ketones is 1. The number of Topliss-reactive ketones (excluding diaryl/α,β-unsaturated/α-hetero) is 1. The maximum atomic E-state index is 11.8. The van der Waals surface area contributed by atoms with Crippen LogP contribution in [-0.4, -0.2) is 18.4 Å². The van der Waals surface area contributed by atoms with Gasteiger partial charge in [0.25, 0.3) is 0 Å². The van der Waals surface area contributed by atoms with Crippen LogP contribution in [0, 0.1) is 6.92 Å². The molecule has 0 heterocycles. The number of aryl methyl sites for hydroxylation is 1. The van der Waals surface area contributed by atoms with Crippen LogP contribution in [0.1, 0.15) is 22.8 Å². The number of benzene rings is 2. The molecule has 2 aromatic rings. The van der Waals surface area contributed by atoms with E-state index in [4.69, 9.17) is 9.47 Å². The minimum Gasteiger partial charge on any atom is -0.481 e. The van der Waals surface area contributed by atoms with Crippen molar-refractivity contribution in [2.24, 2.45) is 0 Å². The quantitative estimate of drug-likeness (QED) is 0.459. The lowest BCUT2D eigenvalue weighted by Gasteiger charge is -2.09. The molecule has 0 fully saturated rings. The molecule has 22 heavy (non-hydrogen) atoms. The average molecular weight is 363 g/mol. The van der Waals surface area contributed by atoms with Crippen molar-refractivity contribution in [2.75, 3.05) is 6.61 Å². The van der Waals surface area contributed by atoms with Gasteiger partial charge in [-0.1, -0.05) is 6.07 Å². The number of carbonyl (C=O) groups excluding carboxylic acids is 2. The minimum absolute atomic E-state index is 0.0366. The first-order valence-electron chi connectivity index (χ1n) is 6.66. The molecule has 0 radical (unpaired) electrons. The minimum atomic E-state index is -0.511. The number of ether oxygens (including phenoxy) is 2. The zero-order chi connectivity index (χ0) is 16.1. The molecule has 0 N–H and O–H groups in total. The molecule has 0 bridgehead atoms. The van der Waals surface area contributed by atoms with Gasteiger partial charge in [0.2, 0.25) is 0 Å². The van der Waals surface area contributed by atoms with Crippen LogP contribution in [0.3, 0.4) is 0 Å². The lowest BCUT2D eigenvalue weighted by molar-refractivity contribution is -0.136. The topological polar surface area (TPSA) is 52.6 Å². The molecule has 2 rings (SSSR count). The van der Waals surface area contributed by atoms with E-state index >= 15 is 0 Å². The standard InChI is InChI=1S/C17H15BrO4/c1-11-3-8-16(15(18)9-11)21-10-17(20)22-14-6-4-13(5-7-14)12(2)19/h3-9H,10H2,1-2H3. The molecule has 0 amide bonds. The average Bonchev–Trinajstić information content (AvgIpc) is 2.47. The first-order chi connectivity index (χ1) is 10.5. The van der Waals surface area contributed by atoms with Crippen molar-refractivity contribution in [3.8, 4) is 11.5 Å². The highest BCUT2D eigenvalue weighted by atomic mass is 79.9. The molecule has 0 saturated carbocycles. The molecule has 0 aliphatic carbocycles. The van der Waals surface area contributed by atoms with Crippen LogP contribution >= 0.6 is 15.9 Å². The maximum absolute atomic E-state index is 11.8. The van der Waals surface area contributed by atoms with Crippen LogP contribution < -0.4 is 9.47 Å². The molecule has 4 nitrogen and oxygen atoms in total. The largest absolute Gasteiger partial charge is 0.481 e. The second-order valence-corrected chi connectivity index (χ2v) is 5.63. The number of hydrogen-bond acceptors (Lipinski definition) is 4. The van der Waals surface area contributed by atoms with Gasteiger partial charge in [0, 0.05) is 5.56 Å². The van der Waals surface area contributed by atoms with Crippen molar-refractivity contribution in [3.05, 3.63) is 58.1 Å². The zero-order valence-corrected chi connectivity index (χ0v) is 13.8. The van der Waals surface area contributed by atoms with Gasteiger partial charge in [0.15, 0.2) is 12.4 Å². The Hall–Kier alpha value is -2.14. The Morgan fingerprint density at radius 3 is 2.36 bits per heavy atom. The Bertz CT molecular complexity index is 692. The number of halogens is 1. The van der Waals surface area contributed by atoms with Crippen molar-refractivity contribution >= 4 is 27.7 Å². The fraction of sp³-hybridized carbons (Fsp3) is 0.176. The van der Waals surface area contributed by atoms with Gasteiger partial charge in [0.1, 0.15) is 11.5 Å². The highest BCUT2D eigenvalue weighted by molar-refractivity contribution is 9.10. The van der Waals surface area contributed by atoms with Crippen molar-refractivity contribution in [3.63, 3.8) is 0 Å². The van der Waals surface area contributed by atoms with E-state index in [1.165, 1.54) is 6.92 Å². The fourth-order valence-corrected chi connectivity index (χ4v) is 2.39. The summed E-state index contributed by atoms with van der Waals surface area (Å²) in [6.45, 7) is 3.25. The molecule has 114 valence electrons. The highest BCUT2D eigenvalue weighted by Crippen LogP contribution is 2.25. The Labute approximate surface area is 137 Å². The zero-order valence-electron chi connectivity index (χ0n) is 12.3. The first kappa shape index (κ1) is 16.2. The SMILES string of the molecule is CC(=O)c1ccc(OC(=O)COc2ccc(C)cc2Br)cc1. The second-order valence-electron chi connectivity index (χ2n) is 4.78. The van der Waals surface area contributed by atoms with Gasteiger partial charge in [-0.3, -0.25) is 4.79 Å². The van der Waals surface area contributed by atoms with Gasteiger partial charge >= 0.3 is 5.97 Å². The predicted molar refractivity (Wildman–Crippen MR) is 86.5 cm³/mol. The Morgan fingerprint density at radius 1 is 1.09 bits per heavy atom. The summed E-state index contributed by atoms with van der Waals surface area (Å²) in [6.07, 6.45) is 0. The normalized spacial score (nSPS) is 10.1. The third-order valence-corrected chi connectivity index (χ3v) is 3.55. The Kier molecular flexibility index (Phi) is 5.33. The van der Waals surface area contributed by atoms with Crippen LogP contribution in [-0.2, 0) is 4.79 Å². The van der Waals surface area contributed by atoms with Crippen LogP contribution in [0.15, 0.2) is 46.9 Å². The molecule has 2 aromatic carbocycles. The van der Waals surface area contributed by atoms with Crippen molar-refractivity contribution in [2.45, 2.75) is 13.8 Å². The van der Waals surface area contributed by atoms with Crippen LogP contribution in [0.2, 0.25) is 0 Å². The molecule has 0 aliphatic heterocycles. The van der Waals surface area contributed by atoms with E-state index in [1.54, 1.807) is 30.3 Å². The van der Waals surface area contributed by atoms with Gasteiger partial charge in [-0.25, -0.2) is 4.79 Å². The van der Waals surface area contributed by atoms with E-state index in [2.05, 4.69) is 15.9 Å². The monoisotopic (exact) mass is 362 g/mol. The van der Waals surface area contributed by atoms with Crippen molar-refractivity contribution in [1.29, 1.82) is 0 Å². The van der Waals surface area contributed by atoms with Crippen LogP contribution in [0.5, 0.6) is 11.5 Å². The number of esters is 1. The van der Waals surface area contributed by atoms with E-state index < -0.39 is 5.97 Å². The third kappa shape index (κ3) is 4.43. The molecule has 0 unspecified atom stereocenters. The molecular weight excluding hydrogens is 348 g/mol. The maximum Gasteiger partial charge on any atom is 0.349 e. The summed E-state index contributed by atoms with van der Waals surface area (Å²) < 4.78 is 11.3. The second kappa shape index (κ2) is 7.22. The van der Waals surface area contributed by atoms with Crippen molar-refractivity contribution in [1.82, 2.24) is 0 Å². The van der Waals surface area contributed by atoms with Gasteiger partial charge in [-0.2, -0.15) is 0 Å². The summed E-state index contributed by atoms with van der Waals surface area (Å²) in [5.74, 6) is 0.407. The molecular formula is C17H15BrO4. The number of hydrogen-bond donors (Lipinski definition) is 0. The smallest absolute Gasteiger partial charge is 0.349 e. The summed E-state index contributed by atoms with van der Waals surface area (Å²) >= 11 is 3.38. The fourth-order valence-electron chi connectivity index (χ4n) is 1.78. The first-order valence-corrected chi connectivity index (χ1v) is 7.45. The summed E-state index contributed by atoms with van der Waals surface area (Å²) in [5.41, 5.74) is 1.66. The van der Waals surface area contributed by atoms with Crippen LogP contribution in [0.25, 0.3) is 0 Å². The molecule has 0 saturated heterocycles. The molecule has 0 aromatic heterocycles. The summed E-state index contributed by atoms with van der Waals surface area (Å²) in [7, 11) is 0. The van der Waals surface area contributed by atoms with E-state index in [1.807, 2.05) is 19.1 Å². The van der Waals surface area contributed by atoms with E-state index in [9.17, 15) is 9.59 Å². The van der Waals surface area contributed by atoms with Crippen LogP contribution in [0.4, 0.5) is 0 Å². The summed E-state index contributed by atoms with van der Waals surface area (Å²) in [4.78, 5) is 22.9. The molecule has 0 atom stereocenters.